The number of aryl methyl sites for hydroxylation is 1. The van der Waals surface area contributed by atoms with Crippen molar-refractivity contribution in [1.29, 1.82) is 0 Å². The Morgan fingerprint density at radius 3 is 2.90 bits per heavy atom. The summed E-state index contributed by atoms with van der Waals surface area (Å²) in [5.41, 5.74) is 4.25. The Kier molecular flexibility index (Phi) is 4.15. The second-order valence-corrected chi connectivity index (χ2v) is 6.00. The van der Waals surface area contributed by atoms with Crippen molar-refractivity contribution in [2.24, 2.45) is 0 Å². The van der Waals surface area contributed by atoms with Crippen LogP contribution in [-0.4, -0.2) is 16.5 Å². The van der Waals surface area contributed by atoms with E-state index in [0.29, 0.717) is 0 Å². The first-order chi connectivity index (χ1) is 10.3. The number of thiazole rings is 1. The molecule has 0 aliphatic rings. The van der Waals surface area contributed by atoms with Crippen molar-refractivity contribution < 1.29 is 0 Å². The average Bonchev–Trinajstić information content (AvgIpc) is 2.95. The van der Waals surface area contributed by atoms with Crippen LogP contribution in [0.15, 0.2) is 35.7 Å². The molecule has 3 aromatic rings. The maximum Gasteiger partial charge on any atom is 0.183 e. The van der Waals surface area contributed by atoms with Crippen LogP contribution in [0, 0.1) is 6.92 Å². The molecule has 3 nitrogen and oxygen atoms in total. The van der Waals surface area contributed by atoms with Crippen molar-refractivity contribution in [2.45, 2.75) is 26.7 Å². The quantitative estimate of drug-likeness (QED) is 0.682. The van der Waals surface area contributed by atoms with Crippen LogP contribution in [0.4, 0.5) is 5.13 Å². The van der Waals surface area contributed by atoms with E-state index >= 15 is 0 Å². The van der Waals surface area contributed by atoms with E-state index in [9.17, 15) is 0 Å². The van der Waals surface area contributed by atoms with Gasteiger partial charge in [0.15, 0.2) is 5.13 Å². The second kappa shape index (κ2) is 6.22. The van der Waals surface area contributed by atoms with Gasteiger partial charge in [-0.3, -0.25) is 4.98 Å². The molecule has 3 rings (SSSR count). The molecule has 0 aliphatic heterocycles. The molecule has 0 atom stereocenters. The van der Waals surface area contributed by atoms with Crippen molar-refractivity contribution in [3.63, 3.8) is 0 Å². The van der Waals surface area contributed by atoms with Crippen LogP contribution in [0.2, 0.25) is 0 Å². The number of para-hydroxylation sites is 1. The van der Waals surface area contributed by atoms with E-state index in [-0.39, 0.29) is 0 Å². The van der Waals surface area contributed by atoms with Crippen molar-refractivity contribution in [1.82, 2.24) is 9.97 Å². The number of rotatable bonds is 5. The van der Waals surface area contributed by atoms with E-state index in [1.165, 1.54) is 12.8 Å². The number of hydrogen-bond donors (Lipinski definition) is 1. The van der Waals surface area contributed by atoms with Crippen molar-refractivity contribution in [3.05, 3.63) is 41.4 Å². The number of fused-ring (bicyclic) bond motifs is 1. The number of nitrogens with zero attached hydrogens (tertiary/aromatic N) is 2. The lowest BCUT2D eigenvalue weighted by Crippen LogP contribution is -2.00. The monoisotopic (exact) mass is 297 g/mol. The van der Waals surface area contributed by atoms with Gasteiger partial charge in [-0.05, 0) is 25.5 Å². The van der Waals surface area contributed by atoms with E-state index in [0.717, 1.165) is 39.5 Å². The maximum atomic E-state index is 4.72. The van der Waals surface area contributed by atoms with Gasteiger partial charge in [-0.1, -0.05) is 31.5 Å². The lowest BCUT2D eigenvalue weighted by molar-refractivity contribution is 0.833. The molecule has 108 valence electrons. The Balaban J connectivity index is 1.97. The normalized spacial score (nSPS) is 11.0. The van der Waals surface area contributed by atoms with Crippen molar-refractivity contribution >= 4 is 27.4 Å². The lowest BCUT2D eigenvalue weighted by atomic mass is 10.1. The van der Waals surface area contributed by atoms with Crippen molar-refractivity contribution in [2.75, 3.05) is 11.9 Å². The third kappa shape index (κ3) is 3.05. The lowest BCUT2D eigenvalue weighted by Gasteiger charge is -2.05. The predicted molar refractivity (Wildman–Crippen MR) is 91.0 cm³/mol. The Labute approximate surface area is 129 Å². The minimum Gasteiger partial charge on any atom is -0.362 e. The first kappa shape index (κ1) is 14.0. The molecule has 0 bridgehead atoms. The summed E-state index contributed by atoms with van der Waals surface area (Å²) >= 11 is 1.67. The molecule has 0 fully saturated rings. The molecule has 1 aromatic carbocycles. The average molecular weight is 297 g/mol. The zero-order valence-electron chi connectivity index (χ0n) is 12.4. The molecule has 0 spiro atoms. The molecule has 0 saturated heterocycles. The van der Waals surface area contributed by atoms with Crippen LogP contribution in [0.3, 0.4) is 0 Å². The van der Waals surface area contributed by atoms with Crippen LogP contribution in [0.1, 0.15) is 25.5 Å². The number of anilines is 1. The van der Waals surface area contributed by atoms with Crippen molar-refractivity contribution in [3.8, 4) is 11.3 Å². The number of unbranched alkanes of at least 4 members (excludes halogenated alkanes) is 1. The summed E-state index contributed by atoms with van der Waals surface area (Å²) in [5.74, 6) is 0. The fourth-order valence-corrected chi connectivity index (χ4v) is 3.11. The van der Waals surface area contributed by atoms with Gasteiger partial charge in [0, 0.05) is 28.6 Å². The highest BCUT2D eigenvalue weighted by Gasteiger charge is 2.09. The van der Waals surface area contributed by atoms with Gasteiger partial charge < -0.3 is 5.32 Å². The Bertz CT molecular complexity index is 749. The molecule has 0 amide bonds. The van der Waals surface area contributed by atoms with Gasteiger partial charge in [0.25, 0.3) is 0 Å². The molecular formula is C17H19N3S. The molecule has 2 aromatic heterocycles. The number of hydrogen-bond acceptors (Lipinski definition) is 4. The van der Waals surface area contributed by atoms with E-state index in [4.69, 9.17) is 4.98 Å². The Hall–Kier alpha value is -1.94. The standard InChI is InChI=1S/C17H19N3S/c1-3-4-9-18-17-20-16(11-21-17)14-10-12(2)19-15-8-6-5-7-13(14)15/h5-8,10-11H,3-4,9H2,1-2H3,(H,18,20). The highest BCUT2D eigenvalue weighted by atomic mass is 32.1. The Morgan fingerprint density at radius 1 is 1.19 bits per heavy atom. The van der Waals surface area contributed by atoms with Gasteiger partial charge >= 0.3 is 0 Å². The van der Waals surface area contributed by atoms with Gasteiger partial charge in [-0.25, -0.2) is 4.98 Å². The number of aromatic nitrogens is 2. The zero-order valence-corrected chi connectivity index (χ0v) is 13.2. The molecule has 4 heteroatoms. The molecule has 0 saturated carbocycles. The van der Waals surface area contributed by atoms with E-state index in [1.807, 2.05) is 13.0 Å². The molecule has 0 unspecified atom stereocenters. The van der Waals surface area contributed by atoms with E-state index in [1.54, 1.807) is 11.3 Å². The van der Waals surface area contributed by atoms with Crippen LogP contribution >= 0.6 is 11.3 Å². The third-order valence-electron chi connectivity index (χ3n) is 3.43. The SMILES string of the molecule is CCCCNc1nc(-c2cc(C)nc3ccccc23)cs1. The summed E-state index contributed by atoms with van der Waals surface area (Å²) in [6.07, 6.45) is 2.37. The summed E-state index contributed by atoms with van der Waals surface area (Å²) in [5, 5.41) is 7.67. The summed E-state index contributed by atoms with van der Waals surface area (Å²) in [6, 6.07) is 10.4. The Morgan fingerprint density at radius 2 is 2.05 bits per heavy atom. The first-order valence-corrected chi connectivity index (χ1v) is 8.22. The zero-order chi connectivity index (χ0) is 14.7. The minimum absolute atomic E-state index is 0.986. The number of pyridine rings is 1. The molecule has 2 heterocycles. The molecule has 0 radical (unpaired) electrons. The highest BCUT2D eigenvalue weighted by molar-refractivity contribution is 7.14. The van der Waals surface area contributed by atoms with Crippen LogP contribution in [0.5, 0.6) is 0 Å². The summed E-state index contributed by atoms with van der Waals surface area (Å²) in [7, 11) is 0. The largest absolute Gasteiger partial charge is 0.362 e. The molecular weight excluding hydrogens is 278 g/mol. The van der Waals surface area contributed by atoms with Gasteiger partial charge in [-0.15, -0.1) is 11.3 Å². The van der Waals surface area contributed by atoms with Gasteiger partial charge in [0.2, 0.25) is 0 Å². The number of nitrogens with one attached hydrogen (secondary N) is 1. The van der Waals surface area contributed by atoms with Gasteiger partial charge in [-0.2, -0.15) is 0 Å². The molecule has 0 aliphatic carbocycles. The molecule has 21 heavy (non-hydrogen) atoms. The summed E-state index contributed by atoms with van der Waals surface area (Å²) in [4.78, 5) is 9.31. The topological polar surface area (TPSA) is 37.8 Å². The van der Waals surface area contributed by atoms with Gasteiger partial charge in [0.05, 0.1) is 11.2 Å². The molecule has 1 N–H and O–H groups in total. The third-order valence-corrected chi connectivity index (χ3v) is 4.23. The smallest absolute Gasteiger partial charge is 0.183 e. The first-order valence-electron chi connectivity index (χ1n) is 7.34. The van der Waals surface area contributed by atoms with Crippen LogP contribution < -0.4 is 5.32 Å². The fraction of sp³-hybridized carbons (Fsp3) is 0.294. The summed E-state index contributed by atoms with van der Waals surface area (Å²) < 4.78 is 0. The highest BCUT2D eigenvalue weighted by Crippen LogP contribution is 2.30. The predicted octanol–water partition coefficient (Wildman–Crippen LogP) is 4.88. The fourth-order valence-electron chi connectivity index (χ4n) is 2.37. The maximum absolute atomic E-state index is 4.72. The second-order valence-electron chi connectivity index (χ2n) is 5.15. The van der Waals surface area contributed by atoms with Crippen LogP contribution in [-0.2, 0) is 0 Å². The minimum atomic E-state index is 0.986. The van der Waals surface area contributed by atoms with E-state index < -0.39 is 0 Å². The van der Waals surface area contributed by atoms with Gasteiger partial charge in [0.1, 0.15) is 0 Å². The van der Waals surface area contributed by atoms with Crippen LogP contribution in [0.25, 0.3) is 22.2 Å². The summed E-state index contributed by atoms with van der Waals surface area (Å²) in [6.45, 7) is 5.21. The number of benzene rings is 1. The van der Waals surface area contributed by atoms with E-state index in [2.05, 4.69) is 46.9 Å².